The van der Waals surface area contributed by atoms with Crippen LogP contribution in [0.1, 0.15) is 32.1 Å². The van der Waals surface area contributed by atoms with Crippen molar-refractivity contribution in [2.75, 3.05) is 6.54 Å². The third kappa shape index (κ3) is 2.67. The summed E-state index contributed by atoms with van der Waals surface area (Å²) in [7, 11) is 0. The Balaban J connectivity index is 2.86. The Morgan fingerprint density at radius 1 is 1.75 bits per heavy atom. The third-order valence-electron chi connectivity index (χ3n) is 2.23. The molecule has 16 heavy (non-hydrogen) atoms. The van der Waals surface area contributed by atoms with Crippen LogP contribution in [-0.4, -0.2) is 32.3 Å². The number of nitrogens with one attached hydrogen (secondary N) is 2. The lowest BCUT2D eigenvalue weighted by atomic mass is 10.3. The minimum atomic E-state index is -0.472. The van der Waals surface area contributed by atoms with E-state index >= 15 is 0 Å². The van der Waals surface area contributed by atoms with Crippen molar-refractivity contribution in [2.24, 2.45) is 0 Å². The Kier molecular flexibility index (Phi) is 4.63. The highest BCUT2D eigenvalue weighted by molar-refractivity contribution is 7.71. The second kappa shape index (κ2) is 5.76. The molecule has 6 nitrogen and oxygen atoms in total. The average molecular weight is 244 g/mol. The normalized spacial score (nSPS) is 12.4. The first-order chi connectivity index (χ1) is 7.61. The van der Waals surface area contributed by atoms with Gasteiger partial charge in [0.15, 0.2) is 10.6 Å². The highest BCUT2D eigenvalue weighted by Gasteiger charge is 2.18. The number of aromatic nitrogens is 3. The molecule has 1 unspecified atom stereocenters. The smallest absolute Gasteiger partial charge is 0.242 e. The standard InChI is InChI=1S/C9H16N4O2S/c1-3-4-10-8(15)6(2)13-7(5-14)11-12-9(13)16/h6,14H,3-5H2,1-2H3,(H,10,15)(H,12,16). The fourth-order valence-corrected chi connectivity index (χ4v) is 1.67. The van der Waals surface area contributed by atoms with Gasteiger partial charge in [0.25, 0.3) is 0 Å². The van der Waals surface area contributed by atoms with Crippen molar-refractivity contribution in [1.82, 2.24) is 20.1 Å². The number of aliphatic hydroxyl groups excluding tert-OH is 1. The van der Waals surface area contributed by atoms with E-state index < -0.39 is 6.04 Å². The molecule has 1 atom stereocenters. The number of hydrogen-bond donors (Lipinski definition) is 3. The topological polar surface area (TPSA) is 82.9 Å². The number of hydrogen-bond acceptors (Lipinski definition) is 4. The van der Waals surface area contributed by atoms with Gasteiger partial charge in [0, 0.05) is 6.54 Å². The summed E-state index contributed by atoms with van der Waals surface area (Å²) in [6.45, 7) is 4.07. The number of amides is 1. The minimum absolute atomic E-state index is 0.131. The van der Waals surface area contributed by atoms with Crippen LogP contribution in [0.25, 0.3) is 0 Å². The molecule has 90 valence electrons. The molecule has 1 rings (SSSR count). The van der Waals surface area contributed by atoms with Crippen LogP contribution in [0.3, 0.4) is 0 Å². The number of carbonyl (C=O) groups excluding carboxylic acids is 1. The van der Waals surface area contributed by atoms with E-state index in [2.05, 4.69) is 15.5 Å². The van der Waals surface area contributed by atoms with E-state index in [1.54, 1.807) is 6.92 Å². The maximum Gasteiger partial charge on any atom is 0.242 e. The van der Waals surface area contributed by atoms with Gasteiger partial charge in [-0.1, -0.05) is 6.92 Å². The molecule has 1 aromatic heterocycles. The van der Waals surface area contributed by atoms with E-state index in [1.807, 2.05) is 6.92 Å². The molecule has 0 saturated heterocycles. The summed E-state index contributed by atoms with van der Waals surface area (Å²) in [4.78, 5) is 11.7. The number of carbonyl (C=O) groups is 1. The first-order valence-corrected chi connectivity index (χ1v) is 5.57. The number of nitrogens with zero attached hydrogens (tertiary/aromatic N) is 2. The summed E-state index contributed by atoms with van der Waals surface area (Å²) in [5.74, 6) is 0.234. The molecule has 0 saturated carbocycles. The lowest BCUT2D eigenvalue weighted by Gasteiger charge is -2.14. The molecule has 0 fully saturated rings. The van der Waals surface area contributed by atoms with Crippen LogP contribution in [0.5, 0.6) is 0 Å². The van der Waals surface area contributed by atoms with Gasteiger partial charge in [0.05, 0.1) is 0 Å². The van der Waals surface area contributed by atoms with Crippen molar-refractivity contribution < 1.29 is 9.90 Å². The van der Waals surface area contributed by atoms with Gasteiger partial charge in [-0.25, -0.2) is 0 Å². The Hall–Kier alpha value is -1.21. The van der Waals surface area contributed by atoms with Crippen molar-refractivity contribution in [1.29, 1.82) is 0 Å². The number of aliphatic hydroxyl groups is 1. The van der Waals surface area contributed by atoms with Gasteiger partial charge in [-0.05, 0) is 25.6 Å². The zero-order valence-electron chi connectivity index (χ0n) is 9.36. The predicted octanol–water partition coefficient (Wildman–Crippen LogP) is 0.520. The van der Waals surface area contributed by atoms with Gasteiger partial charge in [0.2, 0.25) is 5.91 Å². The van der Waals surface area contributed by atoms with E-state index in [0.29, 0.717) is 17.1 Å². The van der Waals surface area contributed by atoms with Gasteiger partial charge in [-0.3, -0.25) is 14.5 Å². The molecule has 0 bridgehead atoms. The molecule has 0 aliphatic carbocycles. The van der Waals surface area contributed by atoms with Crippen LogP contribution in [0.15, 0.2) is 0 Å². The molecule has 1 amide bonds. The van der Waals surface area contributed by atoms with Crippen molar-refractivity contribution in [2.45, 2.75) is 32.9 Å². The quantitative estimate of drug-likeness (QED) is 0.659. The SMILES string of the molecule is CCCNC(=O)C(C)n1c(CO)n[nH]c1=S. The van der Waals surface area contributed by atoms with Crippen LogP contribution < -0.4 is 5.32 Å². The molecular formula is C9H16N4O2S. The number of rotatable bonds is 5. The molecule has 1 heterocycles. The van der Waals surface area contributed by atoms with Gasteiger partial charge >= 0.3 is 0 Å². The molecule has 0 aliphatic rings. The lowest BCUT2D eigenvalue weighted by Crippen LogP contribution is -2.32. The first-order valence-electron chi connectivity index (χ1n) is 5.16. The first kappa shape index (κ1) is 12.9. The van der Waals surface area contributed by atoms with Gasteiger partial charge in [-0.2, -0.15) is 5.10 Å². The predicted molar refractivity (Wildman–Crippen MR) is 61.3 cm³/mol. The number of H-pyrrole nitrogens is 1. The van der Waals surface area contributed by atoms with E-state index in [0.717, 1.165) is 6.42 Å². The van der Waals surface area contributed by atoms with Crippen molar-refractivity contribution in [3.63, 3.8) is 0 Å². The minimum Gasteiger partial charge on any atom is -0.388 e. The van der Waals surface area contributed by atoms with Crippen molar-refractivity contribution in [3.8, 4) is 0 Å². The molecule has 0 spiro atoms. The van der Waals surface area contributed by atoms with E-state index in [4.69, 9.17) is 17.3 Å². The van der Waals surface area contributed by atoms with E-state index in [1.165, 1.54) is 4.57 Å². The van der Waals surface area contributed by atoms with E-state index in [9.17, 15) is 4.79 Å². The fraction of sp³-hybridized carbons (Fsp3) is 0.667. The van der Waals surface area contributed by atoms with Crippen LogP contribution in [0, 0.1) is 4.77 Å². The summed E-state index contributed by atoms with van der Waals surface area (Å²) in [6, 6.07) is -0.472. The summed E-state index contributed by atoms with van der Waals surface area (Å²) in [6.07, 6.45) is 0.877. The summed E-state index contributed by atoms with van der Waals surface area (Å²) in [5.41, 5.74) is 0. The van der Waals surface area contributed by atoms with E-state index in [-0.39, 0.29) is 12.5 Å². The van der Waals surface area contributed by atoms with Crippen molar-refractivity contribution >= 4 is 18.1 Å². The highest BCUT2D eigenvalue weighted by atomic mass is 32.1. The molecule has 0 aromatic carbocycles. The highest BCUT2D eigenvalue weighted by Crippen LogP contribution is 2.09. The summed E-state index contributed by atoms with van der Waals surface area (Å²) < 4.78 is 1.85. The third-order valence-corrected chi connectivity index (χ3v) is 2.52. The Morgan fingerprint density at radius 3 is 3.00 bits per heavy atom. The average Bonchev–Trinajstić information content (AvgIpc) is 2.66. The lowest BCUT2D eigenvalue weighted by molar-refractivity contribution is -0.123. The molecule has 1 aromatic rings. The Labute approximate surface area is 98.7 Å². The fourth-order valence-electron chi connectivity index (χ4n) is 1.36. The molecular weight excluding hydrogens is 228 g/mol. The van der Waals surface area contributed by atoms with Gasteiger partial charge in [0.1, 0.15) is 12.6 Å². The van der Waals surface area contributed by atoms with Gasteiger partial charge in [-0.15, -0.1) is 0 Å². The zero-order chi connectivity index (χ0) is 12.1. The second-order valence-corrected chi connectivity index (χ2v) is 3.83. The maximum atomic E-state index is 11.7. The van der Waals surface area contributed by atoms with Crippen LogP contribution in [-0.2, 0) is 11.4 Å². The summed E-state index contributed by atoms with van der Waals surface area (Å²) in [5, 5.41) is 18.2. The van der Waals surface area contributed by atoms with Crippen LogP contribution >= 0.6 is 12.2 Å². The Bertz CT molecular complexity index is 412. The molecule has 7 heteroatoms. The largest absolute Gasteiger partial charge is 0.388 e. The van der Waals surface area contributed by atoms with Gasteiger partial charge < -0.3 is 10.4 Å². The van der Waals surface area contributed by atoms with Crippen LogP contribution in [0.4, 0.5) is 0 Å². The maximum absolute atomic E-state index is 11.7. The molecule has 0 aliphatic heterocycles. The van der Waals surface area contributed by atoms with Crippen molar-refractivity contribution in [3.05, 3.63) is 10.6 Å². The monoisotopic (exact) mass is 244 g/mol. The molecule has 3 N–H and O–H groups in total. The zero-order valence-corrected chi connectivity index (χ0v) is 10.2. The Morgan fingerprint density at radius 2 is 2.44 bits per heavy atom. The van der Waals surface area contributed by atoms with Crippen LogP contribution in [0.2, 0.25) is 0 Å². The second-order valence-electron chi connectivity index (χ2n) is 3.44. The molecule has 0 radical (unpaired) electrons. The summed E-state index contributed by atoms with van der Waals surface area (Å²) >= 11 is 5.00. The number of aromatic amines is 1.